The highest BCUT2D eigenvalue weighted by molar-refractivity contribution is 9.09. The number of esters is 1. The zero-order valence-corrected chi connectivity index (χ0v) is 43.7. The summed E-state index contributed by atoms with van der Waals surface area (Å²) in [6.07, 6.45) is 1.47. The van der Waals surface area contributed by atoms with Crippen molar-refractivity contribution in [2.24, 2.45) is 0 Å². The maximum atomic E-state index is 13.6. The summed E-state index contributed by atoms with van der Waals surface area (Å²) in [5.74, 6) is -2.91. The second kappa shape index (κ2) is 29.1. The van der Waals surface area contributed by atoms with E-state index in [-0.39, 0.29) is 79.2 Å². The van der Waals surface area contributed by atoms with Crippen LogP contribution in [-0.2, 0) is 9.53 Å². The smallest absolute Gasteiger partial charge is 0.303 e. The minimum atomic E-state index is -0.560. The summed E-state index contributed by atoms with van der Waals surface area (Å²) >= 11 is 3.11. The standard InChI is InChI=1S/C14H11FO3.C13H9FN2O.C12H8BrFO.C12H9FO2.C12H9FO.2CH4/c1-9(16)18-8-14(17)12-6-7-13(15)11-5-3-2-4-10(11)12;14-11-6-5-10(12-7-17-13(15)16-12)8-3-1-2-4-9(8)11;13-7-12(15)10-5-6-11(14)9-4-2-1-3-8(9)10;13-11-6-5-10(12(15)7-14)8-3-1-2-4-9(8)11;1-8(14)9-6-7-12(13)11-5-3-2-4-10(9)11;;/h2-7H,8H2,1H3;1-7H,(H2,15,16);1-6H,7H2;1-6,14H,7H2;2-7H,1H3;2*1H4. The lowest BCUT2D eigenvalue weighted by Gasteiger charge is -2.06. The van der Waals surface area contributed by atoms with Crippen LogP contribution in [0.5, 0.6) is 0 Å². The highest BCUT2D eigenvalue weighted by atomic mass is 79.9. The lowest BCUT2D eigenvalue weighted by atomic mass is 10.0. The molecular weight excluding hydrogens is 1110 g/mol. The maximum Gasteiger partial charge on any atom is 0.303 e. The number of nitrogen functional groups attached to an aromatic ring is 1. The van der Waals surface area contributed by atoms with E-state index in [4.69, 9.17) is 15.3 Å². The molecule has 11 rings (SSSR count). The number of nitrogens with two attached hydrogens (primary N) is 1. The lowest BCUT2D eigenvalue weighted by molar-refractivity contribution is -0.139. The van der Waals surface area contributed by atoms with Crippen LogP contribution in [0, 0.1) is 29.1 Å². The quantitative estimate of drug-likeness (QED) is 0.0614. The molecule has 0 radical (unpaired) electrons. The summed E-state index contributed by atoms with van der Waals surface area (Å²) in [4.78, 5) is 60.8. The molecule has 16 heteroatoms. The molecule has 0 aliphatic carbocycles. The molecule has 1 heterocycles. The number of Topliss-reactive ketones (excluding diaryl/α,β-unsaturated/α-hetero) is 4. The van der Waals surface area contributed by atoms with Gasteiger partial charge < -0.3 is 20.0 Å². The van der Waals surface area contributed by atoms with Crippen LogP contribution >= 0.6 is 15.9 Å². The molecule has 0 amide bonds. The zero-order chi connectivity index (χ0) is 56.8. The molecule has 0 saturated heterocycles. The van der Waals surface area contributed by atoms with Crippen LogP contribution in [0.15, 0.2) is 193 Å². The molecule has 0 spiro atoms. The third-order valence-corrected chi connectivity index (χ3v) is 12.6. The summed E-state index contributed by atoms with van der Waals surface area (Å²) in [6, 6.07) is 48.8. The molecule has 0 aliphatic heterocycles. The van der Waals surface area contributed by atoms with Crippen molar-refractivity contribution in [1.82, 2.24) is 4.98 Å². The predicted octanol–water partition coefficient (Wildman–Crippen LogP) is 16.1. The number of alkyl halides is 1. The monoisotopic (exact) mass is 1160 g/mol. The number of aliphatic hydroxyl groups is 1. The average Bonchev–Trinajstić information content (AvgIpc) is 4.12. The van der Waals surface area contributed by atoms with Crippen molar-refractivity contribution in [1.29, 1.82) is 0 Å². The molecular formula is C65H54BrF5N2O8. The Bertz CT molecular complexity index is 3980. The fraction of sp³-hybridized carbons (Fsp3) is 0.108. The van der Waals surface area contributed by atoms with Gasteiger partial charge in [0.2, 0.25) is 5.78 Å². The number of nitrogens with zero attached hydrogens (tertiary/aromatic N) is 1. The first-order valence-electron chi connectivity index (χ1n) is 24.0. The molecule has 0 aliphatic rings. The largest absolute Gasteiger partial charge is 0.457 e. The average molecular weight is 1170 g/mol. The number of fused-ring (bicyclic) bond motifs is 5. The summed E-state index contributed by atoms with van der Waals surface area (Å²) < 4.78 is 76.9. The molecule has 0 saturated carbocycles. The van der Waals surface area contributed by atoms with Gasteiger partial charge in [0, 0.05) is 61.7 Å². The predicted molar refractivity (Wildman–Crippen MR) is 313 cm³/mol. The number of benzene rings is 10. The molecule has 0 unspecified atom stereocenters. The van der Waals surface area contributed by atoms with Crippen molar-refractivity contribution in [3.8, 4) is 11.3 Å². The van der Waals surface area contributed by atoms with E-state index >= 15 is 0 Å². The number of carbonyl (C=O) groups excluding carboxylic acids is 5. The van der Waals surface area contributed by atoms with Crippen molar-refractivity contribution in [3.63, 3.8) is 0 Å². The fourth-order valence-corrected chi connectivity index (χ4v) is 8.69. The highest BCUT2D eigenvalue weighted by Gasteiger charge is 2.16. The van der Waals surface area contributed by atoms with Crippen LogP contribution in [0.3, 0.4) is 0 Å². The van der Waals surface area contributed by atoms with Gasteiger partial charge in [0.25, 0.3) is 6.01 Å². The third kappa shape index (κ3) is 15.1. The van der Waals surface area contributed by atoms with Gasteiger partial charge >= 0.3 is 5.97 Å². The minimum Gasteiger partial charge on any atom is -0.457 e. The second-order valence-corrected chi connectivity index (χ2v) is 17.7. The summed E-state index contributed by atoms with van der Waals surface area (Å²) in [6.45, 7) is 1.83. The first kappa shape index (κ1) is 62.6. The number of halogens is 6. The Kier molecular flexibility index (Phi) is 22.5. The van der Waals surface area contributed by atoms with Crippen molar-refractivity contribution in [2.75, 3.05) is 24.3 Å². The Morgan fingerprint density at radius 1 is 0.469 bits per heavy atom. The molecule has 0 fully saturated rings. The number of hydrogen-bond donors (Lipinski definition) is 2. The molecule has 0 bridgehead atoms. The van der Waals surface area contributed by atoms with Gasteiger partial charge in [-0.3, -0.25) is 24.0 Å². The van der Waals surface area contributed by atoms with Crippen LogP contribution in [-0.4, -0.2) is 57.7 Å². The summed E-state index contributed by atoms with van der Waals surface area (Å²) in [7, 11) is 0. The van der Waals surface area contributed by atoms with Crippen LogP contribution in [0.4, 0.5) is 28.0 Å². The number of ether oxygens (including phenoxy) is 1. The fourth-order valence-electron chi connectivity index (χ4n) is 8.38. The normalized spacial score (nSPS) is 10.3. The van der Waals surface area contributed by atoms with Gasteiger partial charge in [-0.25, -0.2) is 22.0 Å². The van der Waals surface area contributed by atoms with Gasteiger partial charge in [-0.05, 0) is 94.5 Å². The number of rotatable bonds is 9. The molecule has 0 atom stereocenters. The van der Waals surface area contributed by atoms with E-state index in [1.54, 1.807) is 115 Å². The Balaban J connectivity index is 0.000000185. The van der Waals surface area contributed by atoms with Gasteiger partial charge in [0.05, 0.1) is 5.33 Å². The SMILES string of the molecule is C.C.CC(=O)OCC(=O)c1ccc(F)c2ccccc12.CC(=O)c1ccc(F)c2ccccc12.Nc1nc(-c2ccc(F)c3ccccc23)co1.O=C(CBr)c1ccc(F)c2ccccc12.O=C(CO)c1ccc(F)c2ccccc12. The number of hydrogen-bond acceptors (Lipinski definition) is 10. The topological polar surface area (TPSA) is 167 Å². The Morgan fingerprint density at radius 3 is 1.14 bits per heavy atom. The van der Waals surface area contributed by atoms with Crippen molar-refractivity contribution >= 4 is 105 Å². The Morgan fingerprint density at radius 2 is 0.790 bits per heavy atom. The first-order valence-corrected chi connectivity index (χ1v) is 25.1. The molecule has 11 aromatic rings. The molecule has 1 aromatic heterocycles. The van der Waals surface area contributed by atoms with Crippen molar-refractivity contribution in [3.05, 3.63) is 240 Å². The molecule has 10 aromatic carbocycles. The van der Waals surface area contributed by atoms with E-state index in [0.717, 1.165) is 10.9 Å². The molecule has 3 N–H and O–H groups in total. The number of carbonyl (C=O) groups is 5. The molecule has 10 nitrogen and oxygen atoms in total. The molecule has 414 valence electrons. The number of ketones is 4. The summed E-state index contributed by atoms with van der Waals surface area (Å²) in [5.41, 5.74) is 8.70. The first-order chi connectivity index (χ1) is 38.0. The Labute approximate surface area is 471 Å². The zero-order valence-electron chi connectivity index (χ0n) is 42.1. The van der Waals surface area contributed by atoms with Crippen LogP contribution in [0.2, 0.25) is 0 Å². The summed E-state index contributed by atoms with van der Waals surface area (Å²) in [5, 5.41) is 14.6. The van der Waals surface area contributed by atoms with Crippen molar-refractivity contribution < 1.29 is 60.2 Å². The van der Waals surface area contributed by atoms with E-state index in [1.807, 2.05) is 12.1 Å². The van der Waals surface area contributed by atoms with E-state index in [9.17, 15) is 45.9 Å². The number of anilines is 1. The third-order valence-electron chi connectivity index (χ3n) is 12.1. The van der Waals surface area contributed by atoms with Crippen LogP contribution in [0.1, 0.15) is 70.1 Å². The van der Waals surface area contributed by atoms with E-state index in [0.29, 0.717) is 76.4 Å². The van der Waals surface area contributed by atoms with E-state index in [2.05, 4.69) is 25.7 Å². The van der Waals surface area contributed by atoms with Crippen molar-refractivity contribution in [2.45, 2.75) is 28.7 Å². The van der Waals surface area contributed by atoms with Crippen LogP contribution < -0.4 is 5.73 Å². The maximum absolute atomic E-state index is 13.6. The van der Waals surface area contributed by atoms with E-state index in [1.165, 1.54) is 74.7 Å². The number of aliphatic hydroxyl groups excluding tert-OH is 1. The van der Waals surface area contributed by atoms with Gasteiger partial charge in [0.15, 0.2) is 24.0 Å². The number of oxazole rings is 1. The second-order valence-electron chi connectivity index (χ2n) is 17.2. The minimum absolute atomic E-state index is 0. The highest BCUT2D eigenvalue weighted by Crippen LogP contribution is 2.31. The van der Waals surface area contributed by atoms with Gasteiger partial charge in [-0.2, -0.15) is 4.98 Å². The van der Waals surface area contributed by atoms with Gasteiger partial charge in [-0.1, -0.05) is 152 Å². The van der Waals surface area contributed by atoms with Gasteiger partial charge in [0.1, 0.15) is 47.7 Å². The van der Waals surface area contributed by atoms with Crippen LogP contribution in [0.25, 0.3) is 65.1 Å². The van der Waals surface area contributed by atoms with Gasteiger partial charge in [-0.15, -0.1) is 0 Å². The number of aromatic nitrogens is 1. The molecule has 81 heavy (non-hydrogen) atoms. The lowest BCUT2D eigenvalue weighted by Crippen LogP contribution is -2.12. The van der Waals surface area contributed by atoms with E-state index < -0.39 is 18.4 Å². The Hall–Kier alpha value is -9.25.